The molecule has 176 valence electrons. The summed E-state index contributed by atoms with van der Waals surface area (Å²) in [6.07, 6.45) is 5.67. The minimum atomic E-state index is -0.683. The average Bonchev–Trinajstić information content (AvgIpc) is 3.60. The molecule has 0 saturated carbocycles. The Balaban J connectivity index is 1.43. The number of carbonyl (C=O) groups is 1. The molecule has 0 fully saturated rings. The second kappa shape index (κ2) is 9.60. The quantitative estimate of drug-likeness (QED) is 0.248. The monoisotopic (exact) mass is 500 g/mol. The van der Waals surface area contributed by atoms with Crippen LogP contribution in [-0.4, -0.2) is 23.3 Å². The Morgan fingerprint density at radius 3 is 2.46 bits per heavy atom. The van der Waals surface area contributed by atoms with Crippen LogP contribution in [0.3, 0.4) is 0 Å². The molecule has 0 bridgehead atoms. The Kier molecular flexibility index (Phi) is 6.36. The summed E-state index contributed by atoms with van der Waals surface area (Å²) in [6.45, 7) is 5.70. The van der Waals surface area contributed by atoms with Gasteiger partial charge in [0.25, 0.3) is 0 Å². The molecule has 1 unspecified atom stereocenters. The van der Waals surface area contributed by atoms with E-state index in [2.05, 4.69) is 6.08 Å². The molecular weight excluding hydrogens is 476 g/mol. The van der Waals surface area contributed by atoms with Gasteiger partial charge in [-0.2, -0.15) is 0 Å². The van der Waals surface area contributed by atoms with E-state index in [1.165, 1.54) is 11.3 Å². The molecule has 0 N–H and O–H groups in total. The van der Waals surface area contributed by atoms with Gasteiger partial charge in [-0.15, -0.1) is 22.7 Å². The van der Waals surface area contributed by atoms with E-state index in [0.717, 1.165) is 38.2 Å². The van der Waals surface area contributed by atoms with Gasteiger partial charge in [0.15, 0.2) is 5.54 Å². The molecule has 4 aromatic rings. The molecule has 2 aromatic heterocycles. The predicted octanol–water partition coefficient (Wildman–Crippen LogP) is 7.42. The van der Waals surface area contributed by atoms with Crippen LogP contribution in [0.4, 0.5) is 0 Å². The van der Waals surface area contributed by atoms with Crippen molar-refractivity contribution < 1.29 is 14.3 Å². The third-order valence-electron chi connectivity index (χ3n) is 5.54. The first-order valence-corrected chi connectivity index (χ1v) is 13.0. The van der Waals surface area contributed by atoms with Crippen molar-refractivity contribution in [1.29, 1.82) is 0 Å². The molecule has 0 saturated heterocycles. The number of benzene rings is 2. The second-order valence-corrected chi connectivity index (χ2v) is 10.5. The minimum absolute atomic E-state index is 0.157. The predicted molar refractivity (Wildman–Crippen MR) is 142 cm³/mol. The molecule has 5 rings (SSSR count). The largest absolute Gasteiger partial charge is 0.459 e. The summed E-state index contributed by atoms with van der Waals surface area (Å²) in [6, 6.07) is 19.6. The number of nitrogens with zero attached hydrogens (tertiary/aromatic N) is 2. The molecule has 0 radical (unpaired) electrons. The third-order valence-corrected chi connectivity index (χ3v) is 7.54. The van der Waals surface area contributed by atoms with Gasteiger partial charge in [-0.05, 0) is 68.8 Å². The number of allylic oxidation sites excluding steroid dienone is 1. The topological polar surface area (TPSA) is 60.8 Å². The fourth-order valence-corrected chi connectivity index (χ4v) is 5.77. The van der Waals surface area contributed by atoms with Gasteiger partial charge >= 0.3 is 5.97 Å². The van der Waals surface area contributed by atoms with Gasteiger partial charge in [-0.1, -0.05) is 30.3 Å². The van der Waals surface area contributed by atoms with E-state index in [1.54, 1.807) is 11.3 Å². The molecular formula is C28H24N2O3S2. The molecule has 2 aromatic carbocycles. The van der Waals surface area contributed by atoms with Gasteiger partial charge in [0.1, 0.15) is 21.4 Å². The summed E-state index contributed by atoms with van der Waals surface area (Å²) in [4.78, 5) is 23.8. The van der Waals surface area contributed by atoms with E-state index in [4.69, 9.17) is 19.5 Å². The summed E-state index contributed by atoms with van der Waals surface area (Å²) >= 11 is 2.99. The van der Waals surface area contributed by atoms with Crippen LogP contribution in [0.2, 0.25) is 0 Å². The van der Waals surface area contributed by atoms with Gasteiger partial charge in [-0.3, -0.25) is 4.99 Å². The first-order valence-electron chi connectivity index (χ1n) is 11.3. The fourth-order valence-electron chi connectivity index (χ4n) is 3.89. The highest BCUT2D eigenvalue weighted by atomic mass is 32.1. The molecule has 1 atom stereocenters. The van der Waals surface area contributed by atoms with E-state index in [0.29, 0.717) is 4.88 Å². The highest BCUT2D eigenvalue weighted by molar-refractivity contribution is 7.14. The number of thiazole rings is 1. The molecule has 0 spiro atoms. The van der Waals surface area contributed by atoms with Crippen molar-refractivity contribution >= 4 is 34.9 Å². The Morgan fingerprint density at radius 2 is 1.77 bits per heavy atom. The first-order chi connectivity index (χ1) is 16.9. The van der Waals surface area contributed by atoms with Gasteiger partial charge in [0.05, 0.1) is 11.8 Å². The normalized spacial score (nSPS) is 16.7. The lowest BCUT2D eigenvalue weighted by Crippen LogP contribution is -2.20. The number of para-hydroxylation sites is 1. The van der Waals surface area contributed by atoms with Crippen LogP contribution >= 0.6 is 22.7 Å². The first kappa shape index (κ1) is 23.2. The maximum Gasteiger partial charge on any atom is 0.348 e. The number of hydrogen-bond donors (Lipinski definition) is 0. The molecule has 0 aliphatic carbocycles. The lowest BCUT2D eigenvalue weighted by molar-refractivity contribution is 0.0384. The minimum Gasteiger partial charge on any atom is -0.459 e. The smallest absolute Gasteiger partial charge is 0.348 e. The van der Waals surface area contributed by atoms with Gasteiger partial charge < -0.3 is 9.47 Å². The molecule has 7 heteroatoms. The molecule has 1 aliphatic rings. The molecule has 0 amide bonds. The van der Waals surface area contributed by atoms with Crippen molar-refractivity contribution in [2.75, 3.05) is 0 Å². The van der Waals surface area contributed by atoms with Gasteiger partial charge in [-0.25, -0.2) is 9.78 Å². The number of carbonyl (C=O) groups excluding carboxylic acids is 1. The lowest BCUT2D eigenvalue weighted by Gasteiger charge is -2.22. The number of aryl methyl sites for hydroxylation is 1. The summed E-state index contributed by atoms with van der Waals surface area (Å²) in [7, 11) is 0. The zero-order valence-electron chi connectivity index (χ0n) is 19.6. The van der Waals surface area contributed by atoms with Crippen molar-refractivity contribution in [3.05, 3.63) is 98.5 Å². The number of thiophene rings is 1. The van der Waals surface area contributed by atoms with E-state index in [1.807, 2.05) is 99.1 Å². The van der Waals surface area contributed by atoms with Crippen molar-refractivity contribution in [3.8, 4) is 22.8 Å². The van der Waals surface area contributed by atoms with Crippen LogP contribution in [0.25, 0.3) is 11.3 Å². The number of aliphatic imine (C=N–C) groups is 1. The van der Waals surface area contributed by atoms with Crippen molar-refractivity contribution in [1.82, 2.24) is 4.98 Å². The second-order valence-electron chi connectivity index (χ2n) is 8.42. The number of rotatable bonds is 7. The molecule has 35 heavy (non-hydrogen) atoms. The van der Waals surface area contributed by atoms with Crippen LogP contribution < -0.4 is 4.74 Å². The Bertz CT molecular complexity index is 1390. The van der Waals surface area contributed by atoms with Gasteiger partial charge in [0.2, 0.25) is 0 Å². The van der Waals surface area contributed by atoms with E-state index in [9.17, 15) is 4.79 Å². The van der Waals surface area contributed by atoms with Gasteiger partial charge in [0, 0.05) is 22.0 Å². The average molecular weight is 501 g/mol. The van der Waals surface area contributed by atoms with Crippen LogP contribution in [0.5, 0.6) is 11.5 Å². The Labute approximate surface area is 212 Å². The summed E-state index contributed by atoms with van der Waals surface area (Å²) in [5.41, 5.74) is 2.10. The highest BCUT2D eigenvalue weighted by Crippen LogP contribution is 2.42. The Hall–Kier alpha value is -3.55. The van der Waals surface area contributed by atoms with Crippen LogP contribution in [0.1, 0.15) is 39.0 Å². The zero-order valence-corrected chi connectivity index (χ0v) is 21.2. The van der Waals surface area contributed by atoms with Crippen molar-refractivity contribution in [3.63, 3.8) is 0 Å². The summed E-state index contributed by atoms with van der Waals surface area (Å²) in [5, 5.41) is 2.89. The van der Waals surface area contributed by atoms with E-state index in [-0.39, 0.29) is 12.1 Å². The Morgan fingerprint density at radius 1 is 1.03 bits per heavy atom. The SMILES string of the molecule is Cc1sc(C(=O)OC(C)C)cc1-c1csc(C2(c3ccc(Oc4ccccc4)cc3)C=CC=N2)n1. The van der Waals surface area contributed by atoms with Crippen LogP contribution in [0.15, 0.2) is 83.2 Å². The van der Waals surface area contributed by atoms with Crippen molar-refractivity contribution in [2.24, 2.45) is 4.99 Å². The molecule has 5 nitrogen and oxygen atoms in total. The van der Waals surface area contributed by atoms with E-state index < -0.39 is 5.54 Å². The summed E-state index contributed by atoms with van der Waals surface area (Å²) < 4.78 is 11.3. The third kappa shape index (κ3) is 4.70. The number of hydrogen-bond acceptors (Lipinski definition) is 7. The van der Waals surface area contributed by atoms with E-state index >= 15 is 0 Å². The standard InChI is InChI=1S/C28H24N2O3S2/c1-18(2)32-26(31)25-16-23(19(3)35-25)24-17-34-27(30-24)28(14-7-15-29-28)20-10-12-22(13-11-20)33-21-8-5-4-6-9-21/h4-18H,1-3H3. The number of aromatic nitrogens is 1. The molecule has 3 heterocycles. The van der Waals surface area contributed by atoms with Crippen molar-refractivity contribution in [2.45, 2.75) is 32.4 Å². The summed E-state index contributed by atoms with van der Waals surface area (Å²) in [5.74, 6) is 1.25. The maximum atomic E-state index is 12.4. The fraction of sp³-hybridized carbons (Fsp3) is 0.179. The maximum absolute atomic E-state index is 12.4. The molecule has 1 aliphatic heterocycles. The van der Waals surface area contributed by atoms with Crippen LogP contribution in [0, 0.1) is 6.92 Å². The van der Waals surface area contributed by atoms with Crippen LogP contribution in [-0.2, 0) is 10.3 Å². The number of ether oxygens (including phenoxy) is 2. The highest BCUT2D eigenvalue weighted by Gasteiger charge is 2.36. The lowest BCUT2D eigenvalue weighted by atomic mass is 9.91. The number of esters is 1. The zero-order chi connectivity index (χ0) is 24.4.